The van der Waals surface area contributed by atoms with Gasteiger partial charge in [0.2, 0.25) is 5.79 Å². The van der Waals surface area contributed by atoms with E-state index in [0.717, 1.165) is 55.4 Å². The average Bonchev–Trinajstić information content (AvgIpc) is 3.88. The molecule has 7 rings (SSSR count). The minimum Gasteiger partial charge on any atom is -0.491 e. The first-order valence-corrected chi connectivity index (χ1v) is 17.2. The van der Waals surface area contributed by atoms with Crippen molar-refractivity contribution in [1.82, 2.24) is 29.1 Å². The minimum absolute atomic E-state index is 0.0645. The van der Waals surface area contributed by atoms with E-state index in [1.54, 1.807) is 34.0 Å². The maximum atomic E-state index is 12.8. The van der Waals surface area contributed by atoms with Gasteiger partial charge >= 0.3 is 5.69 Å². The lowest BCUT2D eigenvalue weighted by Crippen LogP contribution is -2.46. The minimum atomic E-state index is -1.16. The Morgan fingerprint density at radius 2 is 1.59 bits per heavy atom. The smallest absolute Gasteiger partial charge is 0.350 e. The molecular formula is C35H38Cl2N8O4. The Kier molecular flexibility index (Phi) is 9.64. The van der Waals surface area contributed by atoms with Crippen LogP contribution >= 0.6 is 23.2 Å². The summed E-state index contributed by atoms with van der Waals surface area (Å²) < 4.78 is 23.7. The van der Waals surface area contributed by atoms with Gasteiger partial charge < -0.3 is 24.0 Å². The number of halogens is 2. The van der Waals surface area contributed by atoms with Gasteiger partial charge in [-0.2, -0.15) is 10.2 Å². The highest BCUT2D eigenvalue weighted by Gasteiger charge is 2.45. The number of ether oxygens (including phenoxy) is 3. The van der Waals surface area contributed by atoms with Crippen molar-refractivity contribution in [1.29, 1.82) is 0 Å². The van der Waals surface area contributed by atoms with Crippen molar-refractivity contribution in [2.75, 3.05) is 49.2 Å². The Bertz CT molecular complexity index is 1910. The van der Waals surface area contributed by atoms with Gasteiger partial charge in [-0.05, 0) is 74.0 Å². The van der Waals surface area contributed by atoms with Gasteiger partial charge in [0, 0.05) is 48.1 Å². The largest absolute Gasteiger partial charge is 0.491 e. The van der Waals surface area contributed by atoms with E-state index in [1.807, 2.05) is 44.2 Å². The predicted octanol–water partition coefficient (Wildman–Crippen LogP) is 5.58. The fourth-order valence-electron chi connectivity index (χ4n) is 6.24. The zero-order valence-electron chi connectivity index (χ0n) is 27.4. The monoisotopic (exact) mass is 704 g/mol. The Hall–Kier alpha value is -4.36. The highest BCUT2D eigenvalue weighted by molar-refractivity contribution is 6.35. The summed E-state index contributed by atoms with van der Waals surface area (Å²) in [5, 5.41) is 9.50. The molecular weight excluding hydrogens is 667 g/mol. The quantitative estimate of drug-likeness (QED) is 0.174. The Morgan fingerprint density at radius 3 is 2.22 bits per heavy atom. The van der Waals surface area contributed by atoms with Gasteiger partial charge in [-0.25, -0.2) is 23.7 Å². The number of aromatic nitrogens is 6. The zero-order valence-corrected chi connectivity index (χ0v) is 28.9. The van der Waals surface area contributed by atoms with Crippen LogP contribution in [0.2, 0.25) is 10.0 Å². The van der Waals surface area contributed by atoms with E-state index in [2.05, 4.69) is 49.2 Å². The van der Waals surface area contributed by atoms with Crippen molar-refractivity contribution in [2.45, 2.75) is 44.7 Å². The van der Waals surface area contributed by atoms with Gasteiger partial charge in [-0.15, -0.1) is 0 Å². The van der Waals surface area contributed by atoms with Crippen molar-refractivity contribution in [3.63, 3.8) is 0 Å². The van der Waals surface area contributed by atoms with Crippen LogP contribution in [-0.4, -0.2) is 74.6 Å². The number of nitrogens with zero attached hydrogens (tertiary/aromatic N) is 8. The summed E-state index contributed by atoms with van der Waals surface area (Å²) in [5.74, 6) is -0.410. The van der Waals surface area contributed by atoms with E-state index in [-0.39, 0.29) is 24.4 Å². The second kappa shape index (κ2) is 14.2. The number of anilines is 2. The molecule has 0 N–H and O–H groups in total. The number of piperazine rings is 1. The molecule has 14 heteroatoms. The summed E-state index contributed by atoms with van der Waals surface area (Å²) in [4.78, 5) is 21.6. The van der Waals surface area contributed by atoms with Gasteiger partial charge in [0.1, 0.15) is 44.0 Å². The summed E-state index contributed by atoms with van der Waals surface area (Å²) in [6.07, 6.45) is 5.19. The lowest BCUT2D eigenvalue weighted by molar-refractivity contribution is -0.190. The summed E-state index contributed by atoms with van der Waals surface area (Å²) in [7, 11) is 0. The average molecular weight is 706 g/mol. The molecule has 3 aromatic carbocycles. The van der Waals surface area contributed by atoms with Crippen LogP contribution in [0.3, 0.4) is 0 Å². The van der Waals surface area contributed by atoms with Gasteiger partial charge in [0.25, 0.3) is 0 Å². The van der Waals surface area contributed by atoms with Crippen LogP contribution in [0.4, 0.5) is 11.4 Å². The summed E-state index contributed by atoms with van der Waals surface area (Å²) in [5.41, 5.74) is 3.64. The third-order valence-corrected chi connectivity index (χ3v) is 9.70. The van der Waals surface area contributed by atoms with Crippen molar-refractivity contribution in [3.05, 3.63) is 112 Å². The van der Waals surface area contributed by atoms with Crippen LogP contribution in [0.25, 0.3) is 5.69 Å². The predicted molar refractivity (Wildman–Crippen MR) is 188 cm³/mol. The summed E-state index contributed by atoms with van der Waals surface area (Å²) >= 11 is 12.7. The van der Waals surface area contributed by atoms with Crippen LogP contribution < -0.4 is 20.2 Å². The molecule has 2 aliphatic rings. The fraction of sp³-hybridized carbons (Fsp3) is 0.371. The Labute approximate surface area is 294 Å². The van der Waals surface area contributed by atoms with Gasteiger partial charge in [0.15, 0.2) is 0 Å². The molecule has 12 nitrogen and oxygen atoms in total. The van der Waals surface area contributed by atoms with Gasteiger partial charge in [-0.1, -0.05) is 36.2 Å². The molecule has 2 fully saturated rings. The molecule has 256 valence electrons. The van der Waals surface area contributed by atoms with E-state index in [0.29, 0.717) is 28.8 Å². The molecule has 4 heterocycles. The number of hydrogen-bond acceptors (Lipinski definition) is 9. The topological polar surface area (TPSA) is 105 Å². The molecule has 2 unspecified atom stereocenters. The molecule has 0 bridgehead atoms. The molecule has 0 saturated carbocycles. The summed E-state index contributed by atoms with van der Waals surface area (Å²) in [6, 6.07) is 21.6. The lowest BCUT2D eigenvalue weighted by Gasteiger charge is -2.37. The molecule has 0 radical (unpaired) electrons. The van der Waals surface area contributed by atoms with Crippen LogP contribution in [0.5, 0.6) is 5.75 Å². The van der Waals surface area contributed by atoms with E-state index >= 15 is 0 Å². The molecule has 2 aromatic heterocycles. The van der Waals surface area contributed by atoms with Gasteiger partial charge in [-0.3, -0.25) is 0 Å². The number of rotatable bonds is 11. The molecule has 49 heavy (non-hydrogen) atoms. The maximum Gasteiger partial charge on any atom is 0.350 e. The second-order valence-corrected chi connectivity index (χ2v) is 13.1. The van der Waals surface area contributed by atoms with Crippen molar-refractivity contribution in [3.8, 4) is 11.4 Å². The summed E-state index contributed by atoms with van der Waals surface area (Å²) in [6.45, 7) is 8.48. The van der Waals surface area contributed by atoms with Crippen LogP contribution in [-0.2, 0) is 21.8 Å². The first-order chi connectivity index (χ1) is 23.8. The third kappa shape index (κ3) is 7.04. The Balaban J connectivity index is 0.925. The highest BCUT2D eigenvalue weighted by atomic mass is 35.5. The third-order valence-electron chi connectivity index (χ3n) is 9.15. The number of hydrogen-bond donors (Lipinski definition) is 0. The van der Waals surface area contributed by atoms with E-state index in [1.165, 1.54) is 11.0 Å². The van der Waals surface area contributed by atoms with E-state index in [9.17, 15) is 4.79 Å². The van der Waals surface area contributed by atoms with E-state index in [4.69, 9.17) is 37.4 Å². The molecule has 2 saturated heterocycles. The maximum absolute atomic E-state index is 12.8. The van der Waals surface area contributed by atoms with Crippen molar-refractivity contribution < 1.29 is 14.2 Å². The van der Waals surface area contributed by atoms with Crippen molar-refractivity contribution >= 4 is 34.6 Å². The normalized spacial score (nSPS) is 20.1. The Morgan fingerprint density at radius 1 is 0.918 bits per heavy atom. The first kappa shape index (κ1) is 33.2. The highest BCUT2D eigenvalue weighted by Crippen LogP contribution is 2.40. The van der Waals surface area contributed by atoms with Crippen molar-refractivity contribution in [2.24, 2.45) is 0 Å². The van der Waals surface area contributed by atoms with Crippen LogP contribution in [0, 0.1) is 0 Å². The van der Waals surface area contributed by atoms with Gasteiger partial charge in [0.05, 0.1) is 23.4 Å². The lowest BCUT2D eigenvalue weighted by atomic mass is 10.1. The molecule has 3 atom stereocenters. The molecule has 2 aliphatic heterocycles. The number of benzene rings is 3. The van der Waals surface area contributed by atoms with E-state index < -0.39 is 5.79 Å². The molecule has 0 aliphatic carbocycles. The molecule has 5 aromatic rings. The van der Waals surface area contributed by atoms with Crippen LogP contribution in [0.15, 0.2) is 90.5 Å². The second-order valence-electron chi connectivity index (χ2n) is 12.3. The standard InChI is InChI=1S/C35H38Cl2N8O4/c1-3-25(2)45-34(46)44(24-40-45)29-7-5-27(6-8-29)41-14-16-42(17-15-41)28-9-11-30(12-10-28)47-19-31-20-48-35(49-31,21-43-23-38-22-39-43)32-13-4-26(36)18-33(32)37/h4-13,18,22-25,31H,3,14-17,19-21H2,1-2H3/t25-,31?,35?/m1/s1. The van der Waals surface area contributed by atoms with Crippen LogP contribution in [0.1, 0.15) is 31.9 Å². The molecule has 0 amide bonds. The zero-order chi connectivity index (χ0) is 34.0. The first-order valence-electron chi connectivity index (χ1n) is 16.4. The fourth-order valence-corrected chi connectivity index (χ4v) is 6.79. The SMILES string of the molecule is CC[C@@H](C)n1ncn(-c2ccc(N3CCN(c4ccc(OCC5COC(Cn6cncn6)(c6ccc(Cl)cc6Cl)O5)cc4)CC3)cc2)c1=O. The molecule has 0 spiro atoms.